The molecule has 1 aromatic rings. The number of hydrogen-bond donors (Lipinski definition) is 1. The highest BCUT2D eigenvalue weighted by atomic mass is 16.5. The summed E-state index contributed by atoms with van der Waals surface area (Å²) in [6, 6.07) is 9.05. The predicted octanol–water partition coefficient (Wildman–Crippen LogP) is 1.62. The second kappa shape index (κ2) is 4.85. The van der Waals surface area contributed by atoms with Crippen LogP contribution in [0.15, 0.2) is 24.3 Å². The first kappa shape index (κ1) is 11.4. The van der Waals surface area contributed by atoms with Gasteiger partial charge in [0.05, 0.1) is 7.11 Å². The van der Waals surface area contributed by atoms with Crippen molar-refractivity contribution >= 4 is 0 Å². The predicted molar refractivity (Wildman–Crippen MR) is 65.5 cm³/mol. The maximum absolute atomic E-state index is 6.01. The standard InChI is InChI=1S/C13H20N2O/c1-10-13(14)6-7-15(10)9-11-4-3-5-12(8-11)16-2/h3-5,8,10,13H,6-7,9,14H2,1-2H3. The molecular weight excluding hydrogens is 200 g/mol. The molecule has 1 heterocycles. The molecule has 0 bridgehead atoms. The van der Waals surface area contributed by atoms with Crippen molar-refractivity contribution in [2.75, 3.05) is 13.7 Å². The molecule has 2 atom stereocenters. The molecule has 0 aliphatic carbocycles. The summed E-state index contributed by atoms with van der Waals surface area (Å²) in [7, 11) is 1.70. The largest absolute Gasteiger partial charge is 0.497 e. The maximum atomic E-state index is 6.01. The van der Waals surface area contributed by atoms with Gasteiger partial charge in [0.15, 0.2) is 0 Å². The van der Waals surface area contributed by atoms with E-state index in [1.165, 1.54) is 5.56 Å². The topological polar surface area (TPSA) is 38.5 Å². The number of rotatable bonds is 3. The van der Waals surface area contributed by atoms with Gasteiger partial charge in [0, 0.05) is 25.2 Å². The Kier molecular flexibility index (Phi) is 3.46. The van der Waals surface area contributed by atoms with Crippen LogP contribution in [0, 0.1) is 0 Å². The van der Waals surface area contributed by atoms with Crippen LogP contribution in [0.25, 0.3) is 0 Å². The summed E-state index contributed by atoms with van der Waals surface area (Å²) in [5, 5.41) is 0. The Bertz CT molecular complexity index is 354. The summed E-state index contributed by atoms with van der Waals surface area (Å²) < 4.78 is 5.22. The number of methoxy groups -OCH3 is 1. The second-order valence-corrected chi connectivity index (χ2v) is 4.52. The third kappa shape index (κ3) is 2.36. The van der Waals surface area contributed by atoms with Crippen molar-refractivity contribution in [2.45, 2.75) is 32.0 Å². The van der Waals surface area contributed by atoms with Crippen molar-refractivity contribution in [3.63, 3.8) is 0 Å². The van der Waals surface area contributed by atoms with Crippen molar-refractivity contribution in [3.05, 3.63) is 29.8 Å². The first-order valence-electron chi connectivity index (χ1n) is 5.83. The van der Waals surface area contributed by atoms with Gasteiger partial charge >= 0.3 is 0 Å². The van der Waals surface area contributed by atoms with Crippen LogP contribution in [0.2, 0.25) is 0 Å². The van der Waals surface area contributed by atoms with E-state index < -0.39 is 0 Å². The van der Waals surface area contributed by atoms with Gasteiger partial charge in [0.25, 0.3) is 0 Å². The molecule has 2 N–H and O–H groups in total. The summed E-state index contributed by atoms with van der Waals surface area (Å²) in [6.07, 6.45) is 1.10. The minimum absolute atomic E-state index is 0.325. The fourth-order valence-electron chi connectivity index (χ4n) is 2.26. The molecule has 2 rings (SSSR count). The normalized spacial score (nSPS) is 25.9. The quantitative estimate of drug-likeness (QED) is 0.841. The van der Waals surface area contributed by atoms with E-state index in [4.69, 9.17) is 10.5 Å². The van der Waals surface area contributed by atoms with E-state index in [0.29, 0.717) is 12.1 Å². The molecule has 3 nitrogen and oxygen atoms in total. The van der Waals surface area contributed by atoms with Gasteiger partial charge in [-0.3, -0.25) is 4.90 Å². The summed E-state index contributed by atoms with van der Waals surface area (Å²) >= 11 is 0. The lowest BCUT2D eigenvalue weighted by Crippen LogP contribution is -2.36. The van der Waals surface area contributed by atoms with Crippen molar-refractivity contribution in [1.82, 2.24) is 4.90 Å². The van der Waals surface area contributed by atoms with Crippen LogP contribution in [0.4, 0.5) is 0 Å². The summed E-state index contributed by atoms with van der Waals surface area (Å²) in [4.78, 5) is 2.43. The van der Waals surface area contributed by atoms with Crippen molar-refractivity contribution < 1.29 is 4.74 Å². The summed E-state index contributed by atoms with van der Waals surface area (Å²) in [5.41, 5.74) is 7.30. The van der Waals surface area contributed by atoms with Gasteiger partial charge in [0.1, 0.15) is 5.75 Å². The van der Waals surface area contributed by atoms with Gasteiger partial charge in [-0.05, 0) is 31.0 Å². The Morgan fingerprint density at radius 3 is 2.94 bits per heavy atom. The van der Waals surface area contributed by atoms with E-state index in [2.05, 4.69) is 24.0 Å². The third-order valence-electron chi connectivity index (χ3n) is 3.47. The lowest BCUT2D eigenvalue weighted by Gasteiger charge is -2.23. The average molecular weight is 220 g/mol. The number of ether oxygens (including phenoxy) is 1. The minimum atomic E-state index is 0.325. The molecule has 0 spiro atoms. The first-order valence-corrected chi connectivity index (χ1v) is 5.83. The van der Waals surface area contributed by atoms with Gasteiger partial charge in [-0.2, -0.15) is 0 Å². The lowest BCUT2D eigenvalue weighted by atomic mass is 10.1. The second-order valence-electron chi connectivity index (χ2n) is 4.52. The zero-order chi connectivity index (χ0) is 11.5. The molecular formula is C13H20N2O. The van der Waals surface area contributed by atoms with Crippen molar-refractivity contribution in [2.24, 2.45) is 5.73 Å². The number of likely N-dealkylation sites (tertiary alicyclic amines) is 1. The molecule has 88 valence electrons. The molecule has 1 saturated heterocycles. The van der Waals surface area contributed by atoms with E-state index in [9.17, 15) is 0 Å². The Morgan fingerprint density at radius 1 is 1.50 bits per heavy atom. The third-order valence-corrected chi connectivity index (χ3v) is 3.47. The monoisotopic (exact) mass is 220 g/mol. The van der Waals surface area contributed by atoms with Crippen molar-refractivity contribution in [1.29, 1.82) is 0 Å². The van der Waals surface area contributed by atoms with E-state index in [1.54, 1.807) is 7.11 Å². The van der Waals surface area contributed by atoms with Crippen LogP contribution >= 0.6 is 0 Å². The highest BCUT2D eigenvalue weighted by Crippen LogP contribution is 2.20. The number of nitrogens with two attached hydrogens (primary N) is 1. The molecule has 1 aliphatic heterocycles. The van der Waals surface area contributed by atoms with Gasteiger partial charge in [-0.25, -0.2) is 0 Å². The highest BCUT2D eigenvalue weighted by molar-refractivity contribution is 5.28. The zero-order valence-corrected chi connectivity index (χ0v) is 10.0. The Balaban J connectivity index is 2.03. The fraction of sp³-hybridized carbons (Fsp3) is 0.538. The molecule has 0 amide bonds. The molecule has 16 heavy (non-hydrogen) atoms. The van der Waals surface area contributed by atoms with Gasteiger partial charge in [-0.1, -0.05) is 12.1 Å². The van der Waals surface area contributed by atoms with Gasteiger partial charge in [-0.15, -0.1) is 0 Å². The van der Waals surface area contributed by atoms with Crippen LogP contribution in [0.3, 0.4) is 0 Å². The molecule has 1 fully saturated rings. The Hall–Kier alpha value is -1.06. The van der Waals surface area contributed by atoms with Crippen LogP contribution in [-0.2, 0) is 6.54 Å². The van der Waals surface area contributed by atoms with Gasteiger partial charge in [0.2, 0.25) is 0 Å². The average Bonchev–Trinajstić information content (AvgIpc) is 2.61. The molecule has 1 aliphatic rings. The first-order chi connectivity index (χ1) is 7.70. The fourth-order valence-corrected chi connectivity index (χ4v) is 2.26. The molecule has 2 unspecified atom stereocenters. The number of nitrogens with zero attached hydrogens (tertiary/aromatic N) is 1. The van der Waals surface area contributed by atoms with E-state index in [1.807, 2.05) is 12.1 Å². The molecule has 0 aromatic heterocycles. The smallest absolute Gasteiger partial charge is 0.119 e. The molecule has 1 aromatic carbocycles. The minimum Gasteiger partial charge on any atom is -0.497 e. The van der Waals surface area contributed by atoms with Crippen molar-refractivity contribution in [3.8, 4) is 5.75 Å². The zero-order valence-electron chi connectivity index (χ0n) is 10.0. The van der Waals surface area contributed by atoms with Gasteiger partial charge < -0.3 is 10.5 Å². The van der Waals surface area contributed by atoms with E-state index in [-0.39, 0.29) is 0 Å². The van der Waals surface area contributed by atoms with Crippen LogP contribution in [0.5, 0.6) is 5.75 Å². The summed E-state index contributed by atoms with van der Waals surface area (Å²) in [5.74, 6) is 0.925. The lowest BCUT2D eigenvalue weighted by molar-refractivity contribution is 0.251. The summed E-state index contributed by atoms with van der Waals surface area (Å²) in [6.45, 7) is 4.27. The number of benzene rings is 1. The van der Waals surface area contributed by atoms with E-state index in [0.717, 1.165) is 25.3 Å². The van der Waals surface area contributed by atoms with E-state index >= 15 is 0 Å². The Morgan fingerprint density at radius 2 is 2.31 bits per heavy atom. The van der Waals surface area contributed by atoms with Crippen LogP contribution < -0.4 is 10.5 Å². The number of hydrogen-bond acceptors (Lipinski definition) is 3. The van der Waals surface area contributed by atoms with Crippen LogP contribution in [0.1, 0.15) is 18.9 Å². The molecule has 0 radical (unpaired) electrons. The SMILES string of the molecule is COc1cccc(CN2CCC(N)C2C)c1. The molecule has 0 saturated carbocycles. The Labute approximate surface area is 97.2 Å². The molecule has 3 heteroatoms. The highest BCUT2D eigenvalue weighted by Gasteiger charge is 2.27. The van der Waals surface area contributed by atoms with Crippen LogP contribution in [-0.4, -0.2) is 30.6 Å². The maximum Gasteiger partial charge on any atom is 0.119 e.